The summed E-state index contributed by atoms with van der Waals surface area (Å²) in [7, 11) is 0. The van der Waals surface area contributed by atoms with Gasteiger partial charge >= 0.3 is 0 Å². The maximum absolute atomic E-state index is 6.00. The van der Waals surface area contributed by atoms with Gasteiger partial charge in [0.15, 0.2) is 0 Å². The summed E-state index contributed by atoms with van der Waals surface area (Å²) in [5.41, 5.74) is 2.80. The van der Waals surface area contributed by atoms with Crippen LogP contribution in [0.5, 0.6) is 5.75 Å². The number of rotatable bonds is 9. The summed E-state index contributed by atoms with van der Waals surface area (Å²) >= 11 is 0. The van der Waals surface area contributed by atoms with Crippen LogP contribution in [0, 0.1) is 5.92 Å². The highest BCUT2D eigenvalue weighted by Gasteiger charge is 2.32. The molecule has 0 saturated heterocycles. The topological polar surface area (TPSA) is 34.6 Å². The number of nitrogens with zero attached hydrogens (tertiary/aromatic N) is 2. The van der Waals surface area contributed by atoms with Gasteiger partial charge in [-0.15, -0.1) is 0 Å². The molecular weight excluding hydrogens is 348 g/mol. The zero-order valence-electron chi connectivity index (χ0n) is 18.2. The van der Waals surface area contributed by atoms with Crippen molar-refractivity contribution in [2.24, 2.45) is 5.92 Å². The van der Waals surface area contributed by atoms with Crippen LogP contribution in [0.3, 0.4) is 0 Å². The largest absolute Gasteiger partial charge is 0.489 e. The van der Waals surface area contributed by atoms with Crippen LogP contribution in [0.4, 0.5) is 0 Å². The van der Waals surface area contributed by atoms with E-state index >= 15 is 0 Å². The summed E-state index contributed by atoms with van der Waals surface area (Å²) in [6.45, 7) is 12.4. The molecule has 4 heteroatoms. The van der Waals surface area contributed by atoms with Gasteiger partial charge in [0.25, 0.3) is 0 Å². The van der Waals surface area contributed by atoms with Crippen molar-refractivity contribution in [2.45, 2.75) is 84.5 Å². The molecule has 4 nitrogen and oxygen atoms in total. The molecule has 2 heterocycles. The number of hydrogen-bond donors (Lipinski definition) is 0. The van der Waals surface area contributed by atoms with Gasteiger partial charge in [-0.25, -0.2) is 0 Å². The van der Waals surface area contributed by atoms with Crippen molar-refractivity contribution in [1.82, 2.24) is 9.88 Å². The van der Waals surface area contributed by atoms with Crippen molar-refractivity contribution < 1.29 is 9.47 Å². The van der Waals surface area contributed by atoms with E-state index < -0.39 is 0 Å². The van der Waals surface area contributed by atoms with Crippen LogP contribution in [-0.4, -0.2) is 47.8 Å². The van der Waals surface area contributed by atoms with E-state index in [-0.39, 0.29) is 6.10 Å². The Balaban J connectivity index is 1.33. The average Bonchev–Trinajstić information content (AvgIpc) is 2.87. The minimum absolute atomic E-state index is 0.281. The van der Waals surface area contributed by atoms with Crippen LogP contribution in [-0.2, 0) is 11.2 Å². The molecule has 0 radical (unpaired) electrons. The van der Waals surface area contributed by atoms with E-state index in [1.165, 1.54) is 38.9 Å². The molecule has 2 aliphatic rings. The molecule has 3 rings (SSSR count). The van der Waals surface area contributed by atoms with E-state index in [4.69, 9.17) is 9.47 Å². The first-order valence-corrected chi connectivity index (χ1v) is 11.2. The van der Waals surface area contributed by atoms with E-state index in [1.54, 1.807) is 5.57 Å². The Morgan fingerprint density at radius 1 is 1.11 bits per heavy atom. The summed E-state index contributed by atoms with van der Waals surface area (Å²) < 4.78 is 11.8. The first-order chi connectivity index (χ1) is 13.5. The zero-order valence-corrected chi connectivity index (χ0v) is 18.2. The predicted octanol–water partition coefficient (Wildman–Crippen LogP) is 5.03. The first kappa shape index (κ1) is 21.3. The van der Waals surface area contributed by atoms with E-state index in [0.717, 1.165) is 30.7 Å². The number of hydrogen-bond acceptors (Lipinski definition) is 4. The molecule has 0 amide bonds. The number of aromatic nitrogens is 1. The van der Waals surface area contributed by atoms with Crippen LogP contribution >= 0.6 is 0 Å². The van der Waals surface area contributed by atoms with Gasteiger partial charge in [0.1, 0.15) is 11.9 Å². The molecule has 1 saturated carbocycles. The Morgan fingerprint density at radius 3 is 2.61 bits per heavy atom. The van der Waals surface area contributed by atoms with E-state index in [0.29, 0.717) is 18.1 Å². The van der Waals surface area contributed by atoms with E-state index in [2.05, 4.69) is 55.8 Å². The second kappa shape index (κ2) is 10.4. The molecule has 1 aliphatic heterocycles. The second-order valence-corrected chi connectivity index (χ2v) is 8.92. The quantitative estimate of drug-likeness (QED) is 0.558. The molecule has 0 N–H and O–H groups in total. The lowest BCUT2D eigenvalue weighted by Crippen LogP contribution is -2.40. The fourth-order valence-corrected chi connectivity index (χ4v) is 4.10. The third-order valence-corrected chi connectivity index (χ3v) is 5.83. The van der Waals surface area contributed by atoms with Gasteiger partial charge < -0.3 is 14.4 Å². The van der Waals surface area contributed by atoms with E-state index in [1.807, 2.05) is 6.20 Å². The monoisotopic (exact) mass is 386 g/mol. The average molecular weight is 387 g/mol. The smallest absolute Gasteiger partial charge is 0.138 e. The first-order valence-electron chi connectivity index (χ1n) is 11.2. The lowest BCUT2D eigenvalue weighted by atomic mass is 9.92. The van der Waals surface area contributed by atoms with Crippen LogP contribution in [0.1, 0.15) is 65.5 Å². The molecule has 28 heavy (non-hydrogen) atoms. The predicted molar refractivity (Wildman–Crippen MR) is 115 cm³/mol. The van der Waals surface area contributed by atoms with Crippen LogP contribution in [0.15, 0.2) is 30.0 Å². The minimum Gasteiger partial charge on any atom is -0.489 e. The SMILES string of the molecule is CC(C)OC1CC(Oc2ccc(CCCN3CCC=C(C(C)C)CC3)nc2)C1. The van der Waals surface area contributed by atoms with Crippen molar-refractivity contribution in [3.63, 3.8) is 0 Å². The fourth-order valence-electron chi connectivity index (χ4n) is 4.10. The van der Waals surface area contributed by atoms with Crippen molar-refractivity contribution in [2.75, 3.05) is 19.6 Å². The molecule has 1 aliphatic carbocycles. The van der Waals surface area contributed by atoms with Crippen LogP contribution in [0.2, 0.25) is 0 Å². The summed E-state index contributed by atoms with van der Waals surface area (Å²) in [6, 6.07) is 4.20. The molecule has 156 valence electrons. The van der Waals surface area contributed by atoms with Crippen molar-refractivity contribution in [1.29, 1.82) is 0 Å². The van der Waals surface area contributed by atoms with Gasteiger partial charge in [-0.05, 0) is 64.1 Å². The lowest BCUT2D eigenvalue weighted by molar-refractivity contribution is -0.0850. The van der Waals surface area contributed by atoms with Gasteiger partial charge in [-0.2, -0.15) is 0 Å². The van der Waals surface area contributed by atoms with Gasteiger partial charge in [0.2, 0.25) is 0 Å². The molecule has 0 bridgehead atoms. The maximum atomic E-state index is 6.00. The fraction of sp³-hybridized carbons (Fsp3) is 0.708. The van der Waals surface area contributed by atoms with Crippen LogP contribution in [0.25, 0.3) is 0 Å². The van der Waals surface area contributed by atoms with Gasteiger partial charge in [0, 0.05) is 31.6 Å². The summed E-state index contributed by atoms with van der Waals surface area (Å²) in [5.74, 6) is 1.58. The Labute approximate surface area is 171 Å². The zero-order chi connectivity index (χ0) is 19.9. The highest BCUT2D eigenvalue weighted by Crippen LogP contribution is 2.29. The van der Waals surface area contributed by atoms with E-state index in [9.17, 15) is 0 Å². The lowest BCUT2D eigenvalue weighted by Gasteiger charge is -2.36. The number of ether oxygens (including phenoxy) is 2. The Kier molecular flexibility index (Phi) is 7.92. The third-order valence-electron chi connectivity index (χ3n) is 5.83. The van der Waals surface area contributed by atoms with Gasteiger partial charge in [-0.3, -0.25) is 4.98 Å². The van der Waals surface area contributed by atoms with Gasteiger partial charge in [0.05, 0.1) is 18.4 Å². The highest BCUT2D eigenvalue weighted by molar-refractivity contribution is 5.20. The molecule has 0 atom stereocenters. The molecule has 1 fully saturated rings. The van der Waals surface area contributed by atoms with Crippen molar-refractivity contribution in [3.05, 3.63) is 35.7 Å². The molecule has 1 aromatic heterocycles. The summed E-state index contributed by atoms with van der Waals surface area (Å²) in [4.78, 5) is 7.22. The molecule has 1 aromatic rings. The van der Waals surface area contributed by atoms with Crippen molar-refractivity contribution in [3.8, 4) is 5.75 Å². The Morgan fingerprint density at radius 2 is 1.93 bits per heavy atom. The van der Waals surface area contributed by atoms with Gasteiger partial charge in [-0.1, -0.05) is 25.5 Å². The Bertz CT molecular complexity index is 618. The van der Waals surface area contributed by atoms with Crippen molar-refractivity contribution >= 4 is 0 Å². The molecule has 0 aromatic carbocycles. The highest BCUT2D eigenvalue weighted by atomic mass is 16.5. The maximum Gasteiger partial charge on any atom is 0.138 e. The molecule has 0 unspecified atom stereocenters. The second-order valence-electron chi connectivity index (χ2n) is 8.92. The third kappa shape index (κ3) is 6.59. The summed E-state index contributed by atoms with van der Waals surface area (Å²) in [5, 5.41) is 0. The minimum atomic E-state index is 0.281. The number of pyridine rings is 1. The summed E-state index contributed by atoms with van der Waals surface area (Å²) in [6.07, 6.45) is 11.9. The van der Waals surface area contributed by atoms with Crippen LogP contribution < -0.4 is 4.74 Å². The standard InChI is InChI=1S/C24H38N2O2/c1-18(2)20-7-5-12-26(14-11-20)13-6-8-21-9-10-22(17-25-21)28-24-15-23(16-24)27-19(3)4/h7,9-10,17-19,23-24H,5-6,8,11-16H2,1-4H3. The normalized spacial score (nSPS) is 23.4. The molecular formula is C24H38N2O2. The Hall–Kier alpha value is -1.39. The molecule has 0 spiro atoms. The number of aryl methyl sites for hydroxylation is 1.